The van der Waals surface area contributed by atoms with Crippen LogP contribution in [0.5, 0.6) is 0 Å². The number of unbranched alkanes of at least 4 members (excludes halogenated alkanes) is 42. The van der Waals surface area contributed by atoms with Gasteiger partial charge >= 0.3 is 39.5 Å². The van der Waals surface area contributed by atoms with Gasteiger partial charge in [0.2, 0.25) is 0 Å². The summed E-state index contributed by atoms with van der Waals surface area (Å²) in [5.41, 5.74) is 0. The van der Waals surface area contributed by atoms with Gasteiger partial charge in [0, 0.05) is 25.7 Å². The monoisotopic (exact) mass is 1450 g/mol. The maximum Gasteiger partial charge on any atom is 0.472 e. The Bertz CT molecular complexity index is 1940. The molecule has 0 saturated heterocycles. The van der Waals surface area contributed by atoms with Crippen LogP contribution in [-0.2, 0) is 65.4 Å². The van der Waals surface area contributed by atoms with Gasteiger partial charge in [-0.25, -0.2) is 9.13 Å². The molecule has 3 N–H and O–H groups in total. The van der Waals surface area contributed by atoms with E-state index in [0.29, 0.717) is 31.6 Å². The molecule has 0 radical (unpaired) electrons. The van der Waals surface area contributed by atoms with E-state index < -0.39 is 97.5 Å². The van der Waals surface area contributed by atoms with Crippen LogP contribution < -0.4 is 0 Å². The van der Waals surface area contributed by atoms with E-state index in [-0.39, 0.29) is 25.7 Å². The van der Waals surface area contributed by atoms with Gasteiger partial charge in [0.05, 0.1) is 26.4 Å². The second kappa shape index (κ2) is 69.1. The normalized spacial score (nSPS) is 14.3. The molecule has 19 heteroatoms. The summed E-state index contributed by atoms with van der Waals surface area (Å²) in [5.74, 6) is 0.947. The molecule has 99 heavy (non-hydrogen) atoms. The highest BCUT2D eigenvalue weighted by atomic mass is 31.2. The lowest BCUT2D eigenvalue weighted by Gasteiger charge is -2.21. The molecule has 0 aromatic rings. The van der Waals surface area contributed by atoms with Gasteiger partial charge in [-0.15, -0.1) is 0 Å². The Kier molecular flexibility index (Phi) is 67.8. The van der Waals surface area contributed by atoms with E-state index in [1.54, 1.807) is 0 Å². The predicted molar refractivity (Wildman–Crippen MR) is 404 cm³/mol. The molecule has 0 aliphatic heterocycles. The van der Waals surface area contributed by atoms with E-state index in [1.165, 1.54) is 205 Å². The largest absolute Gasteiger partial charge is 0.472 e. The van der Waals surface area contributed by atoms with Crippen molar-refractivity contribution in [2.45, 2.75) is 427 Å². The molecule has 0 aliphatic rings. The van der Waals surface area contributed by atoms with Crippen LogP contribution in [0.15, 0.2) is 0 Å². The number of aliphatic hydroxyl groups is 1. The summed E-state index contributed by atoms with van der Waals surface area (Å²) >= 11 is 0. The van der Waals surface area contributed by atoms with Crippen molar-refractivity contribution in [2.24, 2.45) is 23.7 Å². The Labute approximate surface area is 607 Å². The van der Waals surface area contributed by atoms with Crippen molar-refractivity contribution in [3.8, 4) is 0 Å². The Morgan fingerprint density at radius 2 is 0.485 bits per heavy atom. The fourth-order valence-corrected chi connectivity index (χ4v) is 13.8. The lowest BCUT2D eigenvalue weighted by atomic mass is 9.99. The van der Waals surface area contributed by atoms with E-state index in [2.05, 4.69) is 55.4 Å². The number of carbonyl (C=O) groups is 4. The molecule has 0 aliphatic carbocycles. The molecule has 6 atom stereocenters. The van der Waals surface area contributed by atoms with Gasteiger partial charge in [0.15, 0.2) is 12.2 Å². The van der Waals surface area contributed by atoms with Crippen molar-refractivity contribution in [2.75, 3.05) is 39.6 Å². The Morgan fingerprint density at radius 1 is 0.283 bits per heavy atom. The molecule has 588 valence electrons. The van der Waals surface area contributed by atoms with Crippen molar-refractivity contribution in [3.63, 3.8) is 0 Å². The Morgan fingerprint density at radius 3 is 0.717 bits per heavy atom. The third-order valence-electron chi connectivity index (χ3n) is 18.9. The number of hydrogen-bond donors (Lipinski definition) is 3. The minimum absolute atomic E-state index is 0.103. The van der Waals surface area contributed by atoms with E-state index in [4.69, 9.17) is 37.0 Å². The van der Waals surface area contributed by atoms with Crippen LogP contribution in [0, 0.1) is 23.7 Å². The smallest absolute Gasteiger partial charge is 0.462 e. The van der Waals surface area contributed by atoms with Gasteiger partial charge in [0.1, 0.15) is 19.3 Å². The molecule has 0 heterocycles. The predicted octanol–water partition coefficient (Wildman–Crippen LogP) is 23.6. The van der Waals surface area contributed by atoms with Crippen molar-refractivity contribution >= 4 is 39.5 Å². The van der Waals surface area contributed by atoms with Gasteiger partial charge in [-0.05, 0) is 49.4 Å². The SMILES string of the molecule is CCC(C)CCCCCCCCCCCCCCCCC(=O)O[C@H](COC(=O)CCCCCCCCCCCCCCCCCCCCC(C)C)COP(=O)(O)OC[C@@H](O)COP(=O)(O)OC[C@@H](COC(=O)CCCCCCCCC(C)C)OC(=O)CCCCCCCCCCC(C)C. The molecule has 0 amide bonds. The summed E-state index contributed by atoms with van der Waals surface area (Å²) in [6.07, 6.45) is 55.8. The zero-order valence-corrected chi connectivity index (χ0v) is 66.9. The summed E-state index contributed by atoms with van der Waals surface area (Å²) in [4.78, 5) is 72.9. The van der Waals surface area contributed by atoms with Crippen molar-refractivity contribution in [3.05, 3.63) is 0 Å². The molecule has 0 saturated carbocycles. The summed E-state index contributed by atoms with van der Waals surface area (Å²) in [5, 5.41) is 10.6. The van der Waals surface area contributed by atoms with Gasteiger partial charge in [-0.3, -0.25) is 37.3 Å². The zero-order valence-electron chi connectivity index (χ0n) is 65.1. The fraction of sp³-hybridized carbons (Fsp3) is 0.950. The first-order valence-electron chi connectivity index (χ1n) is 41.2. The quantitative estimate of drug-likeness (QED) is 0.0222. The molecule has 0 fully saturated rings. The third kappa shape index (κ3) is 72.8. The van der Waals surface area contributed by atoms with Gasteiger partial charge in [-0.2, -0.15) is 0 Å². The Hall–Kier alpha value is -1.94. The highest BCUT2D eigenvalue weighted by molar-refractivity contribution is 7.47. The van der Waals surface area contributed by atoms with E-state index in [0.717, 1.165) is 114 Å². The van der Waals surface area contributed by atoms with E-state index in [1.807, 2.05) is 0 Å². The second-order valence-corrected chi connectivity index (χ2v) is 33.4. The van der Waals surface area contributed by atoms with Crippen LogP contribution in [0.25, 0.3) is 0 Å². The minimum atomic E-state index is -4.96. The molecular formula is C80H156O17P2. The van der Waals surface area contributed by atoms with Crippen molar-refractivity contribution in [1.82, 2.24) is 0 Å². The van der Waals surface area contributed by atoms with Crippen LogP contribution in [0.1, 0.15) is 409 Å². The molecule has 0 aromatic heterocycles. The number of rotatable bonds is 77. The number of hydrogen-bond acceptors (Lipinski definition) is 15. The lowest BCUT2D eigenvalue weighted by molar-refractivity contribution is -0.161. The maximum atomic E-state index is 13.1. The molecule has 3 unspecified atom stereocenters. The van der Waals surface area contributed by atoms with Crippen molar-refractivity contribution < 1.29 is 80.2 Å². The van der Waals surface area contributed by atoms with Crippen LogP contribution >= 0.6 is 15.6 Å². The van der Waals surface area contributed by atoms with Crippen molar-refractivity contribution in [1.29, 1.82) is 0 Å². The summed E-state index contributed by atoms with van der Waals surface area (Å²) < 4.78 is 68.6. The maximum absolute atomic E-state index is 13.1. The van der Waals surface area contributed by atoms with Gasteiger partial charge < -0.3 is 33.8 Å². The Balaban J connectivity index is 5.19. The minimum Gasteiger partial charge on any atom is -0.462 e. The average molecular weight is 1450 g/mol. The van der Waals surface area contributed by atoms with E-state index in [9.17, 15) is 43.2 Å². The first kappa shape index (κ1) is 97.1. The highest BCUT2D eigenvalue weighted by Crippen LogP contribution is 2.45. The summed E-state index contributed by atoms with van der Waals surface area (Å²) in [7, 11) is -9.92. The topological polar surface area (TPSA) is 237 Å². The molecule has 0 spiro atoms. The van der Waals surface area contributed by atoms with Crippen LogP contribution in [0.2, 0.25) is 0 Å². The number of ether oxygens (including phenoxy) is 4. The fourth-order valence-electron chi connectivity index (χ4n) is 12.2. The summed E-state index contributed by atoms with van der Waals surface area (Å²) in [6, 6.07) is 0. The number of phosphoric ester groups is 2. The first-order valence-corrected chi connectivity index (χ1v) is 44.2. The van der Waals surface area contributed by atoms with Crippen LogP contribution in [0.4, 0.5) is 0 Å². The second-order valence-electron chi connectivity index (χ2n) is 30.5. The lowest BCUT2D eigenvalue weighted by Crippen LogP contribution is -2.30. The molecule has 0 aromatic carbocycles. The molecular weight excluding hydrogens is 1290 g/mol. The highest BCUT2D eigenvalue weighted by Gasteiger charge is 2.30. The van der Waals surface area contributed by atoms with Crippen LogP contribution in [-0.4, -0.2) is 96.7 Å². The number of carbonyl (C=O) groups excluding carboxylic acids is 4. The molecule has 17 nitrogen and oxygen atoms in total. The number of esters is 4. The number of phosphoric acid groups is 2. The zero-order chi connectivity index (χ0) is 73.1. The average Bonchev–Trinajstić information content (AvgIpc) is 0.970. The number of aliphatic hydroxyl groups excluding tert-OH is 1. The molecule has 0 rings (SSSR count). The van der Waals surface area contributed by atoms with Gasteiger partial charge in [0.25, 0.3) is 0 Å². The molecule has 0 bridgehead atoms. The summed E-state index contributed by atoms with van der Waals surface area (Å²) in [6.45, 7) is 14.2. The standard InChI is InChI=1S/C80H156O17P2/c1-9-73(8)59-51-43-34-27-23-19-16-17-21-25-29-36-46-54-62-79(84)96-75(66-90-77(82)60-52-44-35-28-24-20-15-13-11-10-12-14-18-22-26-32-40-48-56-70(2)3)68-94-98(86,87)92-64-74(81)65-93-99(88,89)95-69-76(67-91-78(83)61-53-45-39-38-42-50-58-72(6)7)97-80(85)63-55-47-37-31-30-33-41-49-57-71(4)5/h70-76,81H,9-69H2,1-8H3,(H,86,87)(H,88,89)/t73?,74-,75-,76-/m1/s1. The van der Waals surface area contributed by atoms with Crippen LogP contribution in [0.3, 0.4) is 0 Å². The van der Waals surface area contributed by atoms with E-state index >= 15 is 0 Å². The van der Waals surface area contributed by atoms with Gasteiger partial charge in [-0.1, -0.05) is 357 Å². The third-order valence-corrected chi connectivity index (χ3v) is 20.8. The first-order chi connectivity index (χ1) is 47.6.